The highest BCUT2D eigenvalue weighted by atomic mass is 19.4. The largest absolute Gasteiger partial charge is 0.416 e. The van der Waals surface area contributed by atoms with Crippen LogP contribution in [0.5, 0.6) is 0 Å². The molecule has 2 amide bonds. The number of hydrogen-bond acceptors (Lipinski definition) is 4. The molecule has 1 aliphatic heterocycles. The summed E-state index contributed by atoms with van der Waals surface area (Å²) in [5.74, 6) is 0.138. The second-order valence-electron chi connectivity index (χ2n) is 6.75. The third-order valence-corrected chi connectivity index (χ3v) is 4.57. The Hall–Kier alpha value is -2.59. The Kier molecular flexibility index (Phi) is 4.87. The van der Waals surface area contributed by atoms with Crippen LogP contribution >= 0.6 is 0 Å². The van der Waals surface area contributed by atoms with E-state index >= 15 is 0 Å². The molecule has 1 aromatic carbocycles. The van der Waals surface area contributed by atoms with E-state index in [1.54, 1.807) is 6.92 Å². The lowest BCUT2D eigenvalue weighted by atomic mass is 10.00. The third kappa shape index (κ3) is 3.91. The zero-order valence-corrected chi connectivity index (χ0v) is 14.4. The first-order valence-corrected chi connectivity index (χ1v) is 8.23. The van der Waals surface area contributed by atoms with Gasteiger partial charge in [0.2, 0.25) is 0 Å². The third-order valence-electron chi connectivity index (χ3n) is 4.57. The fourth-order valence-electron chi connectivity index (χ4n) is 3.13. The Bertz CT molecular complexity index is 839. The zero-order chi connectivity index (χ0) is 19.8. The molecule has 0 aliphatic carbocycles. The minimum Gasteiger partial charge on any atom is -0.394 e. The predicted molar refractivity (Wildman–Crippen MR) is 90.4 cm³/mol. The summed E-state index contributed by atoms with van der Waals surface area (Å²) in [5, 5.41) is 25.9. The first-order valence-electron chi connectivity index (χ1n) is 8.23. The molecule has 27 heavy (non-hydrogen) atoms. The van der Waals surface area contributed by atoms with Crippen LogP contribution in [0.3, 0.4) is 0 Å². The van der Waals surface area contributed by atoms with Crippen LogP contribution in [-0.4, -0.2) is 55.7 Å². The SMILES string of the molecule is CC1(CO)CC(O)CN1C(=O)Nc1ccn(-c2cccc(C(F)(F)F)c2)n1. The number of β-amino-alcohol motifs (C(OH)–C–C–N with tert-alkyl or cyclic N) is 1. The van der Waals surface area contributed by atoms with E-state index in [0.29, 0.717) is 0 Å². The number of likely N-dealkylation sites (tertiary alicyclic amines) is 1. The lowest BCUT2D eigenvalue weighted by Crippen LogP contribution is -2.49. The van der Waals surface area contributed by atoms with Gasteiger partial charge in [-0.05, 0) is 25.1 Å². The summed E-state index contributed by atoms with van der Waals surface area (Å²) in [6.07, 6.45) is -3.54. The van der Waals surface area contributed by atoms with Crippen molar-refractivity contribution in [2.75, 3.05) is 18.5 Å². The Morgan fingerprint density at radius 3 is 2.81 bits per heavy atom. The average Bonchev–Trinajstić information content (AvgIpc) is 3.19. The first kappa shape index (κ1) is 19.2. The van der Waals surface area contributed by atoms with Crippen molar-refractivity contribution in [1.82, 2.24) is 14.7 Å². The molecule has 1 aromatic heterocycles. The molecule has 2 heterocycles. The van der Waals surface area contributed by atoms with Crippen molar-refractivity contribution in [2.45, 2.75) is 31.2 Å². The number of aliphatic hydroxyl groups is 2. The van der Waals surface area contributed by atoms with E-state index in [1.807, 2.05) is 0 Å². The van der Waals surface area contributed by atoms with E-state index in [0.717, 1.165) is 12.1 Å². The molecule has 1 aliphatic rings. The van der Waals surface area contributed by atoms with Gasteiger partial charge in [-0.15, -0.1) is 5.10 Å². The lowest BCUT2D eigenvalue weighted by molar-refractivity contribution is -0.137. The monoisotopic (exact) mass is 384 g/mol. The van der Waals surface area contributed by atoms with Gasteiger partial charge in [0.05, 0.1) is 29.5 Å². The summed E-state index contributed by atoms with van der Waals surface area (Å²) < 4.78 is 39.7. The number of aromatic nitrogens is 2. The van der Waals surface area contributed by atoms with Crippen molar-refractivity contribution in [1.29, 1.82) is 0 Å². The van der Waals surface area contributed by atoms with Gasteiger partial charge < -0.3 is 15.1 Å². The molecule has 0 bridgehead atoms. The summed E-state index contributed by atoms with van der Waals surface area (Å²) in [6.45, 7) is 1.41. The van der Waals surface area contributed by atoms with Gasteiger partial charge in [-0.25, -0.2) is 9.48 Å². The molecule has 3 N–H and O–H groups in total. The van der Waals surface area contributed by atoms with Crippen molar-refractivity contribution in [3.05, 3.63) is 42.1 Å². The number of carbonyl (C=O) groups is 1. The number of nitrogens with one attached hydrogen (secondary N) is 1. The van der Waals surface area contributed by atoms with E-state index in [1.165, 1.54) is 34.0 Å². The molecule has 0 radical (unpaired) electrons. The Labute approximate surface area is 153 Å². The lowest BCUT2D eigenvalue weighted by Gasteiger charge is -2.32. The number of urea groups is 1. The fourth-order valence-corrected chi connectivity index (χ4v) is 3.13. The van der Waals surface area contributed by atoms with Gasteiger partial charge in [0.1, 0.15) is 0 Å². The van der Waals surface area contributed by atoms with E-state index < -0.39 is 29.4 Å². The number of hydrogen-bond donors (Lipinski definition) is 3. The summed E-state index contributed by atoms with van der Waals surface area (Å²) in [5.41, 5.74) is -1.50. The number of nitrogens with zero attached hydrogens (tertiary/aromatic N) is 3. The van der Waals surface area contributed by atoms with Gasteiger partial charge in [-0.1, -0.05) is 6.07 Å². The Morgan fingerprint density at radius 1 is 1.41 bits per heavy atom. The number of carbonyl (C=O) groups excluding carboxylic acids is 1. The standard InChI is InChI=1S/C17H19F3N4O3/c1-16(10-25)8-13(26)9-23(16)15(27)21-14-5-6-24(22-14)12-4-2-3-11(7-12)17(18,19)20/h2-7,13,25-26H,8-10H2,1H3,(H,21,22,27). The Balaban J connectivity index is 1.76. The molecule has 1 saturated heterocycles. The predicted octanol–water partition coefficient (Wildman–Crippen LogP) is 2.24. The normalized spacial score (nSPS) is 22.9. The molecule has 1 fully saturated rings. The highest BCUT2D eigenvalue weighted by Crippen LogP contribution is 2.31. The van der Waals surface area contributed by atoms with Crippen molar-refractivity contribution in [3.63, 3.8) is 0 Å². The summed E-state index contributed by atoms with van der Waals surface area (Å²) >= 11 is 0. The van der Waals surface area contributed by atoms with Crippen molar-refractivity contribution >= 4 is 11.8 Å². The van der Waals surface area contributed by atoms with Crippen LogP contribution in [0.25, 0.3) is 5.69 Å². The molecule has 2 atom stereocenters. The molecule has 10 heteroatoms. The zero-order valence-electron chi connectivity index (χ0n) is 14.4. The Morgan fingerprint density at radius 2 is 2.15 bits per heavy atom. The highest BCUT2D eigenvalue weighted by molar-refractivity contribution is 5.89. The molecule has 0 saturated carbocycles. The fraction of sp³-hybridized carbons (Fsp3) is 0.412. The summed E-state index contributed by atoms with van der Waals surface area (Å²) in [4.78, 5) is 13.8. The molecular formula is C17H19F3N4O3. The number of aliphatic hydroxyl groups excluding tert-OH is 2. The topological polar surface area (TPSA) is 90.6 Å². The maximum absolute atomic E-state index is 12.8. The summed E-state index contributed by atoms with van der Waals surface area (Å²) in [7, 11) is 0. The second-order valence-corrected chi connectivity index (χ2v) is 6.75. The van der Waals surface area contributed by atoms with Crippen LogP contribution < -0.4 is 5.32 Å². The molecule has 7 nitrogen and oxygen atoms in total. The van der Waals surface area contributed by atoms with Crippen LogP contribution in [0.4, 0.5) is 23.8 Å². The van der Waals surface area contributed by atoms with Crippen LogP contribution in [0.15, 0.2) is 36.5 Å². The number of anilines is 1. The van der Waals surface area contributed by atoms with Gasteiger partial charge in [0, 0.05) is 25.2 Å². The van der Waals surface area contributed by atoms with Gasteiger partial charge in [0.25, 0.3) is 0 Å². The molecule has 0 spiro atoms. The number of halogens is 3. The molecular weight excluding hydrogens is 365 g/mol. The van der Waals surface area contributed by atoms with Gasteiger partial charge in [0.15, 0.2) is 5.82 Å². The molecule has 2 unspecified atom stereocenters. The molecule has 3 rings (SSSR count). The number of benzene rings is 1. The highest BCUT2D eigenvalue weighted by Gasteiger charge is 2.43. The van der Waals surface area contributed by atoms with Crippen molar-refractivity contribution in [3.8, 4) is 5.69 Å². The number of alkyl halides is 3. The van der Waals surface area contributed by atoms with Crippen molar-refractivity contribution < 1.29 is 28.2 Å². The van der Waals surface area contributed by atoms with Crippen LogP contribution in [-0.2, 0) is 6.18 Å². The van der Waals surface area contributed by atoms with Crippen LogP contribution in [0, 0.1) is 0 Å². The first-order chi connectivity index (χ1) is 12.6. The smallest absolute Gasteiger partial charge is 0.394 e. The molecule has 146 valence electrons. The van der Waals surface area contributed by atoms with Gasteiger partial charge >= 0.3 is 12.2 Å². The second kappa shape index (κ2) is 6.86. The van der Waals surface area contributed by atoms with Gasteiger partial charge in [-0.3, -0.25) is 5.32 Å². The van der Waals surface area contributed by atoms with E-state index in [2.05, 4.69) is 10.4 Å². The maximum atomic E-state index is 12.8. The minimum absolute atomic E-state index is 0.0667. The van der Waals surface area contributed by atoms with E-state index in [4.69, 9.17) is 0 Å². The van der Waals surface area contributed by atoms with Gasteiger partial charge in [-0.2, -0.15) is 13.2 Å². The molecule has 2 aromatic rings. The van der Waals surface area contributed by atoms with E-state index in [-0.39, 0.29) is 31.1 Å². The van der Waals surface area contributed by atoms with Crippen LogP contribution in [0.2, 0.25) is 0 Å². The maximum Gasteiger partial charge on any atom is 0.416 e. The number of amides is 2. The van der Waals surface area contributed by atoms with Crippen molar-refractivity contribution in [2.24, 2.45) is 0 Å². The van der Waals surface area contributed by atoms with Crippen LogP contribution in [0.1, 0.15) is 18.9 Å². The summed E-state index contributed by atoms with van der Waals surface area (Å²) in [6, 6.07) is 5.55. The average molecular weight is 384 g/mol. The van der Waals surface area contributed by atoms with E-state index in [9.17, 15) is 28.2 Å². The minimum atomic E-state index is -4.47. The number of rotatable bonds is 3. The quantitative estimate of drug-likeness (QED) is 0.757.